The van der Waals surface area contributed by atoms with Crippen molar-refractivity contribution in [2.75, 3.05) is 11.9 Å². The second-order valence-corrected chi connectivity index (χ2v) is 4.50. The molecule has 0 unspecified atom stereocenters. The molecule has 0 fully saturated rings. The maximum absolute atomic E-state index is 12.9. The van der Waals surface area contributed by atoms with Crippen LogP contribution in [0.5, 0.6) is 0 Å². The number of hydrogen-bond donors (Lipinski definition) is 2. The van der Waals surface area contributed by atoms with E-state index in [4.69, 9.17) is 10.3 Å². The number of nitrogen functional groups attached to an aromatic ring is 1. The van der Waals surface area contributed by atoms with Crippen LogP contribution < -0.4 is 16.2 Å². The molecule has 6 heteroatoms. The van der Waals surface area contributed by atoms with Crippen molar-refractivity contribution in [1.82, 2.24) is 5.43 Å². The number of anilines is 1. The number of amides is 1. The molecule has 0 atom stereocenters. The van der Waals surface area contributed by atoms with Gasteiger partial charge in [0.05, 0.1) is 0 Å². The summed E-state index contributed by atoms with van der Waals surface area (Å²) in [5, 5.41) is 0. The SMILES string of the molecule is Cc1oc(C(=O)NN)cc1CN(C)c1ccc(F)cc1. The van der Waals surface area contributed by atoms with E-state index in [9.17, 15) is 9.18 Å². The van der Waals surface area contributed by atoms with Crippen molar-refractivity contribution in [1.29, 1.82) is 0 Å². The van der Waals surface area contributed by atoms with Crippen LogP contribution in [0.4, 0.5) is 10.1 Å². The standard InChI is InChI=1S/C14H16FN3O2/c1-9-10(7-13(20-9)14(19)17-16)8-18(2)12-5-3-11(15)4-6-12/h3-7H,8,16H2,1-2H3,(H,17,19). The molecule has 0 saturated carbocycles. The van der Waals surface area contributed by atoms with E-state index >= 15 is 0 Å². The van der Waals surface area contributed by atoms with Gasteiger partial charge in [0.1, 0.15) is 11.6 Å². The minimum atomic E-state index is -0.469. The van der Waals surface area contributed by atoms with Crippen molar-refractivity contribution in [2.45, 2.75) is 13.5 Å². The van der Waals surface area contributed by atoms with Crippen LogP contribution in [-0.4, -0.2) is 13.0 Å². The molecule has 1 amide bonds. The fourth-order valence-electron chi connectivity index (χ4n) is 1.90. The Bertz CT molecular complexity index is 607. The number of furan rings is 1. The Morgan fingerprint density at radius 2 is 2.05 bits per heavy atom. The first kappa shape index (κ1) is 14.1. The molecule has 0 bridgehead atoms. The van der Waals surface area contributed by atoms with Crippen molar-refractivity contribution in [3.63, 3.8) is 0 Å². The third kappa shape index (κ3) is 2.97. The highest BCUT2D eigenvalue weighted by Gasteiger charge is 2.14. The predicted octanol–water partition coefficient (Wildman–Crippen LogP) is 1.97. The summed E-state index contributed by atoms with van der Waals surface area (Å²) >= 11 is 0. The molecule has 2 rings (SSSR count). The monoisotopic (exact) mass is 277 g/mol. The van der Waals surface area contributed by atoms with Crippen LogP contribution in [0.2, 0.25) is 0 Å². The van der Waals surface area contributed by atoms with Gasteiger partial charge in [-0.05, 0) is 37.3 Å². The van der Waals surface area contributed by atoms with E-state index in [1.54, 1.807) is 25.1 Å². The number of carbonyl (C=O) groups excluding carboxylic acids is 1. The normalized spacial score (nSPS) is 10.4. The van der Waals surface area contributed by atoms with E-state index in [2.05, 4.69) is 0 Å². The zero-order chi connectivity index (χ0) is 14.7. The summed E-state index contributed by atoms with van der Waals surface area (Å²) in [6, 6.07) is 7.84. The highest BCUT2D eigenvalue weighted by Crippen LogP contribution is 2.20. The van der Waals surface area contributed by atoms with E-state index in [0.29, 0.717) is 12.3 Å². The summed E-state index contributed by atoms with van der Waals surface area (Å²) in [5.74, 6) is 5.15. The first-order chi connectivity index (χ1) is 9.51. The minimum Gasteiger partial charge on any atom is -0.456 e. The van der Waals surface area contributed by atoms with Gasteiger partial charge in [-0.2, -0.15) is 0 Å². The Balaban J connectivity index is 2.15. The smallest absolute Gasteiger partial charge is 0.300 e. The lowest BCUT2D eigenvalue weighted by Crippen LogP contribution is -2.29. The van der Waals surface area contributed by atoms with Gasteiger partial charge in [0.2, 0.25) is 0 Å². The summed E-state index contributed by atoms with van der Waals surface area (Å²) in [4.78, 5) is 13.3. The Hall–Kier alpha value is -2.34. The molecule has 20 heavy (non-hydrogen) atoms. The predicted molar refractivity (Wildman–Crippen MR) is 73.6 cm³/mol. The lowest BCUT2D eigenvalue weighted by molar-refractivity contribution is 0.0924. The zero-order valence-electron chi connectivity index (χ0n) is 11.3. The van der Waals surface area contributed by atoms with Crippen molar-refractivity contribution in [2.24, 2.45) is 5.84 Å². The fraction of sp³-hybridized carbons (Fsp3) is 0.214. The Kier molecular flexibility index (Phi) is 4.05. The second-order valence-electron chi connectivity index (χ2n) is 4.50. The van der Waals surface area contributed by atoms with E-state index in [1.165, 1.54) is 12.1 Å². The molecule has 5 nitrogen and oxygen atoms in total. The lowest BCUT2D eigenvalue weighted by Gasteiger charge is -2.18. The summed E-state index contributed by atoms with van der Waals surface area (Å²) < 4.78 is 18.2. The van der Waals surface area contributed by atoms with E-state index in [0.717, 1.165) is 11.3 Å². The largest absolute Gasteiger partial charge is 0.456 e. The highest BCUT2D eigenvalue weighted by atomic mass is 19.1. The van der Waals surface area contributed by atoms with Gasteiger partial charge in [0, 0.05) is 24.8 Å². The molecule has 0 aliphatic rings. The number of carbonyl (C=O) groups is 1. The summed E-state index contributed by atoms with van der Waals surface area (Å²) in [6.45, 7) is 2.32. The molecule has 2 aromatic rings. The van der Waals surface area contributed by atoms with Gasteiger partial charge >= 0.3 is 5.91 Å². The minimum absolute atomic E-state index is 0.174. The van der Waals surface area contributed by atoms with Crippen molar-refractivity contribution in [3.8, 4) is 0 Å². The van der Waals surface area contributed by atoms with Gasteiger partial charge < -0.3 is 9.32 Å². The van der Waals surface area contributed by atoms with E-state index in [1.807, 2.05) is 17.4 Å². The summed E-state index contributed by atoms with van der Waals surface area (Å²) in [5.41, 5.74) is 3.77. The molecule has 0 aliphatic heterocycles. The summed E-state index contributed by atoms with van der Waals surface area (Å²) in [7, 11) is 1.88. The number of nitrogens with two attached hydrogens (primary N) is 1. The Labute approximate surface area is 116 Å². The number of nitrogens with zero attached hydrogens (tertiary/aromatic N) is 1. The second kappa shape index (κ2) is 5.75. The van der Waals surface area contributed by atoms with Crippen molar-refractivity contribution in [3.05, 3.63) is 53.2 Å². The van der Waals surface area contributed by atoms with Crippen molar-refractivity contribution < 1.29 is 13.6 Å². The van der Waals surface area contributed by atoms with Gasteiger partial charge in [0.15, 0.2) is 5.76 Å². The van der Waals surface area contributed by atoms with Gasteiger partial charge in [-0.15, -0.1) is 0 Å². The van der Waals surface area contributed by atoms with Crippen LogP contribution in [0.1, 0.15) is 21.9 Å². The van der Waals surface area contributed by atoms with Crippen molar-refractivity contribution >= 4 is 11.6 Å². The average molecular weight is 277 g/mol. The topological polar surface area (TPSA) is 71.5 Å². The number of rotatable bonds is 4. The molecular formula is C14H16FN3O2. The number of nitrogens with one attached hydrogen (secondary N) is 1. The third-order valence-electron chi connectivity index (χ3n) is 3.05. The first-order valence-electron chi connectivity index (χ1n) is 6.08. The fourth-order valence-corrected chi connectivity index (χ4v) is 1.90. The molecule has 0 saturated heterocycles. The Morgan fingerprint density at radius 1 is 1.40 bits per heavy atom. The summed E-state index contributed by atoms with van der Waals surface area (Å²) in [6.07, 6.45) is 0. The Morgan fingerprint density at radius 3 is 2.65 bits per heavy atom. The molecular weight excluding hydrogens is 261 g/mol. The number of aryl methyl sites for hydroxylation is 1. The van der Waals surface area contributed by atoms with Crippen LogP contribution in [0.15, 0.2) is 34.7 Å². The van der Waals surface area contributed by atoms with Crippen LogP contribution in [0.3, 0.4) is 0 Å². The molecule has 1 aromatic heterocycles. The van der Waals surface area contributed by atoms with Gasteiger partial charge in [0.25, 0.3) is 0 Å². The molecule has 0 aliphatic carbocycles. The molecule has 0 spiro atoms. The molecule has 1 heterocycles. The number of hydrogen-bond acceptors (Lipinski definition) is 4. The molecule has 3 N–H and O–H groups in total. The first-order valence-corrected chi connectivity index (χ1v) is 6.08. The van der Waals surface area contributed by atoms with Crippen LogP contribution in [-0.2, 0) is 6.54 Å². The van der Waals surface area contributed by atoms with Crippen LogP contribution in [0, 0.1) is 12.7 Å². The lowest BCUT2D eigenvalue weighted by atomic mass is 10.2. The zero-order valence-corrected chi connectivity index (χ0v) is 11.3. The van der Waals surface area contributed by atoms with Crippen LogP contribution >= 0.6 is 0 Å². The molecule has 1 aromatic carbocycles. The quantitative estimate of drug-likeness (QED) is 0.509. The molecule has 0 radical (unpaired) electrons. The third-order valence-corrected chi connectivity index (χ3v) is 3.05. The average Bonchev–Trinajstić information content (AvgIpc) is 2.80. The van der Waals surface area contributed by atoms with E-state index < -0.39 is 5.91 Å². The van der Waals surface area contributed by atoms with Gasteiger partial charge in [-0.25, -0.2) is 10.2 Å². The number of benzene rings is 1. The van der Waals surface area contributed by atoms with Gasteiger partial charge in [-0.1, -0.05) is 0 Å². The number of hydrazine groups is 1. The van der Waals surface area contributed by atoms with E-state index in [-0.39, 0.29) is 11.6 Å². The maximum atomic E-state index is 12.9. The maximum Gasteiger partial charge on any atom is 0.300 e. The van der Waals surface area contributed by atoms with Gasteiger partial charge in [-0.3, -0.25) is 10.2 Å². The molecule has 106 valence electrons. The van der Waals surface area contributed by atoms with Crippen LogP contribution in [0.25, 0.3) is 0 Å². The highest BCUT2D eigenvalue weighted by molar-refractivity contribution is 5.91. The number of halogens is 1.